The summed E-state index contributed by atoms with van der Waals surface area (Å²) < 4.78 is 5.97. The van der Waals surface area contributed by atoms with Crippen molar-refractivity contribution in [1.82, 2.24) is 0 Å². The van der Waals surface area contributed by atoms with Gasteiger partial charge in [-0.05, 0) is 58.7 Å². The van der Waals surface area contributed by atoms with E-state index in [0.717, 1.165) is 18.6 Å². The summed E-state index contributed by atoms with van der Waals surface area (Å²) in [6.45, 7) is 0.618. The van der Waals surface area contributed by atoms with Crippen molar-refractivity contribution >= 4 is 16.9 Å². The number of fused-ring (bicyclic) bond motifs is 1. The zero-order chi connectivity index (χ0) is 15.5. The molecule has 0 unspecified atom stereocenters. The first-order valence-corrected chi connectivity index (χ1v) is 8.82. The Kier molecular flexibility index (Phi) is 3.99. The normalized spacial score (nSPS) is 13.3. The first-order valence-electron chi connectivity index (χ1n) is 7.94. The molecule has 0 amide bonds. The largest absolute Gasteiger partial charge is 0.489 e. The van der Waals surface area contributed by atoms with Crippen molar-refractivity contribution in [3.8, 4) is 5.75 Å². The maximum absolute atomic E-state index is 5.97. The van der Waals surface area contributed by atoms with Gasteiger partial charge in [0.15, 0.2) is 0 Å². The highest BCUT2D eigenvalue weighted by molar-refractivity contribution is 7.11. The summed E-state index contributed by atoms with van der Waals surface area (Å²) >= 11 is 1.81. The molecule has 4 rings (SSSR count). The molecule has 2 aromatic carbocycles. The van der Waals surface area contributed by atoms with E-state index >= 15 is 0 Å². The van der Waals surface area contributed by atoms with Crippen molar-refractivity contribution in [1.29, 1.82) is 0 Å². The highest BCUT2D eigenvalue weighted by atomic mass is 32.1. The van der Waals surface area contributed by atoms with Crippen molar-refractivity contribution in [3.05, 3.63) is 93.7 Å². The van der Waals surface area contributed by atoms with E-state index in [1.165, 1.54) is 27.1 Å². The Balaban J connectivity index is 1.56. The summed E-state index contributed by atoms with van der Waals surface area (Å²) in [5.74, 6) is 0.958. The van der Waals surface area contributed by atoms with E-state index in [4.69, 9.17) is 4.74 Å². The van der Waals surface area contributed by atoms with Gasteiger partial charge in [0.1, 0.15) is 12.4 Å². The summed E-state index contributed by atoms with van der Waals surface area (Å²) in [7, 11) is 0. The monoisotopic (exact) mass is 318 g/mol. The van der Waals surface area contributed by atoms with Crippen LogP contribution in [0, 0.1) is 0 Å². The molecule has 0 saturated carbocycles. The van der Waals surface area contributed by atoms with E-state index in [-0.39, 0.29) is 0 Å². The van der Waals surface area contributed by atoms with Gasteiger partial charge < -0.3 is 4.74 Å². The predicted octanol–water partition coefficient (Wildman–Crippen LogP) is 5.71. The van der Waals surface area contributed by atoms with Crippen molar-refractivity contribution in [2.75, 3.05) is 0 Å². The first kappa shape index (κ1) is 14.3. The minimum Gasteiger partial charge on any atom is -0.489 e. The number of benzene rings is 2. The average molecular weight is 318 g/mol. The highest BCUT2D eigenvalue weighted by Gasteiger charge is 2.15. The maximum Gasteiger partial charge on any atom is 0.120 e. The topological polar surface area (TPSA) is 9.23 Å². The smallest absolute Gasteiger partial charge is 0.120 e. The van der Waals surface area contributed by atoms with Crippen LogP contribution in [0.15, 0.2) is 72.1 Å². The molecule has 114 valence electrons. The lowest BCUT2D eigenvalue weighted by molar-refractivity contribution is 0.306. The Morgan fingerprint density at radius 1 is 0.957 bits per heavy atom. The molecule has 0 N–H and O–H groups in total. The van der Waals surface area contributed by atoms with Crippen LogP contribution < -0.4 is 4.74 Å². The van der Waals surface area contributed by atoms with Crippen LogP contribution in [-0.2, 0) is 13.0 Å². The minimum absolute atomic E-state index is 0.618. The molecule has 1 nitrogen and oxygen atoms in total. The van der Waals surface area contributed by atoms with E-state index in [9.17, 15) is 0 Å². The van der Waals surface area contributed by atoms with Crippen LogP contribution in [0.5, 0.6) is 5.75 Å². The molecular weight excluding hydrogens is 300 g/mol. The number of hydrogen-bond donors (Lipinski definition) is 0. The number of thiophene rings is 1. The van der Waals surface area contributed by atoms with Gasteiger partial charge in [-0.15, -0.1) is 11.3 Å². The maximum atomic E-state index is 5.97. The van der Waals surface area contributed by atoms with E-state index in [2.05, 4.69) is 53.9 Å². The van der Waals surface area contributed by atoms with Crippen LogP contribution in [0.3, 0.4) is 0 Å². The first-order chi connectivity index (χ1) is 11.4. The molecule has 2 heteroatoms. The van der Waals surface area contributed by atoms with Gasteiger partial charge in [-0.25, -0.2) is 0 Å². The van der Waals surface area contributed by atoms with Crippen LogP contribution in [0.1, 0.15) is 28.0 Å². The van der Waals surface area contributed by atoms with Crippen molar-refractivity contribution in [2.45, 2.75) is 19.4 Å². The quantitative estimate of drug-likeness (QED) is 0.599. The number of ether oxygens (including phenoxy) is 1. The average Bonchev–Trinajstić information content (AvgIpc) is 3.14. The van der Waals surface area contributed by atoms with Gasteiger partial charge >= 0.3 is 0 Å². The van der Waals surface area contributed by atoms with E-state index in [1.54, 1.807) is 11.3 Å². The summed E-state index contributed by atoms with van der Waals surface area (Å²) in [6.07, 6.45) is 4.55. The second-order valence-corrected chi connectivity index (χ2v) is 6.67. The van der Waals surface area contributed by atoms with Gasteiger partial charge in [-0.3, -0.25) is 0 Å². The van der Waals surface area contributed by atoms with Crippen molar-refractivity contribution in [3.63, 3.8) is 0 Å². The van der Waals surface area contributed by atoms with Crippen molar-refractivity contribution < 1.29 is 4.74 Å². The molecule has 23 heavy (non-hydrogen) atoms. The molecule has 0 bridgehead atoms. The Morgan fingerprint density at radius 2 is 1.87 bits per heavy atom. The minimum atomic E-state index is 0.618. The second kappa shape index (κ2) is 6.43. The van der Waals surface area contributed by atoms with Gasteiger partial charge in [-0.1, -0.05) is 48.5 Å². The molecule has 1 aliphatic carbocycles. The number of aryl methyl sites for hydroxylation is 1. The van der Waals surface area contributed by atoms with Crippen LogP contribution in [0.2, 0.25) is 0 Å². The van der Waals surface area contributed by atoms with Gasteiger partial charge in [0.25, 0.3) is 0 Å². The second-order valence-electron chi connectivity index (χ2n) is 5.73. The highest BCUT2D eigenvalue weighted by Crippen LogP contribution is 2.35. The van der Waals surface area contributed by atoms with Crippen LogP contribution >= 0.6 is 11.3 Å². The number of hydrogen-bond acceptors (Lipinski definition) is 2. The lowest BCUT2D eigenvalue weighted by Gasteiger charge is -2.18. The van der Waals surface area contributed by atoms with Crippen LogP contribution in [-0.4, -0.2) is 0 Å². The van der Waals surface area contributed by atoms with E-state index < -0.39 is 0 Å². The summed E-state index contributed by atoms with van der Waals surface area (Å²) in [5.41, 5.74) is 5.31. The standard InChI is InChI=1S/C21H18OS/c1-2-6-16(7-3-1)15-22-18-11-12-19-17(14-18)8-4-9-20(19)21-10-5-13-23-21/h1-3,5-7,9-14H,4,8,15H2. The van der Waals surface area contributed by atoms with Gasteiger partial charge in [0.2, 0.25) is 0 Å². The Labute approximate surface area is 140 Å². The third kappa shape index (κ3) is 3.08. The molecule has 1 aliphatic rings. The number of allylic oxidation sites excluding steroid dienone is 1. The molecule has 0 fully saturated rings. The zero-order valence-corrected chi connectivity index (χ0v) is 13.7. The molecule has 0 radical (unpaired) electrons. The molecule has 0 atom stereocenters. The molecule has 1 heterocycles. The Hall–Kier alpha value is -2.32. The fourth-order valence-electron chi connectivity index (χ4n) is 3.02. The zero-order valence-electron chi connectivity index (χ0n) is 12.9. The predicted molar refractivity (Wildman–Crippen MR) is 96.9 cm³/mol. The third-order valence-electron chi connectivity index (χ3n) is 4.16. The van der Waals surface area contributed by atoms with E-state index in [0.29, 0.717) is 6.61 Å². The molecule has 0 spiro atoms. The SMILES string of the molecule is C1=C(c2cccs2)c2ccc(OCc3ccccc3)cc2CC1. The summed E-state index contributed by atoms with van der Waals surface area (Å²) in [4.78, 5) is 1.35. The van der Waals surface area contributed by atoms with Gasteiger partial charge in [0, 0.05) is 4.88 Å². The summed E-state index contributed by atoms with van der Waals surface area (Å²) in [6, 6.07) is 21.1. The lowest BCUT2D eigenvalue weighted by Crippen LogP contribution is -2.02. The van der Waals surface area contributed by atoms with E-state index in [1.807, 2.05) is 18.2 Å². The lowest BCUT2D eigenvalue weighted by atomic mass is 9.90. The van der Waals surface area contributed by atoms with Gasteiger partial charge in [-0.2, -0.15) is 0 Å². The van der Waals surface area contributed by atoms with Gasteiger partial charge in [0.05, 0.1) is 0 Å². The molecule has 3 aromatic rings. The molecule has 1 aromatic heterocycles. The molecule has 0 aliphatic heterocycles. The third-order valence-corrected chi connectivity index (χ3v) is 5.07. The fourth-order valence-corrected chi connectivity index (χ4v) is 3.80. The van der Waals surface area contributed by atoms with Crippen LogP contribution in [0.25, 0.3) is 5.57 Å². The van der Waals surface area contributed by atoms with Crippen molar-refractivity contribution in [2.24, 2.45) is 0 Å². The molecule has 0 saturated heterocycles. The van der Waals surface area contributed by atoms with Crippen LogP contribution in [0.4, 0.5) is 0 Å². The molecular formula is C21H18OS. The number of rotatable bonds is 4. The fraction of sp³-hybridized carbons (Fsp3) is 0.143. The summed E-state index contributed by atoms with van der Waals surface area (Å²) in [5, 5.41) is 2.14. The Bertz CT molecular complexity index is 816. The Morgan fingerprint density at radius 3 is 2.70 bits per heavy atom.